The molecule has 0 spiro atoms. The maximum Gasteiger partial charge on any atom is 1.00 e. The van der Waals surface area contributed by atoms with E-state index in [1.54, 1.807) is 20.5 Å². The van der Waals surface area contributed by atoms with Gasteiger partial charge in [-0.1, -0.05) is 47.5 Å². The average molecular weight is 830 g/mol. The third-order valence-electron chi connectivity index (χ3n) is 5.47. The minimum atomic E-state index is -1.00. The fourth-order valence-electron chi connectivity index (χ4n) is 3.42. The van der Waals surface area contributed by atoms with Crippen molar-refractivity contribution in [3.05, 3.63) is 93.2 Å². The minimum Gasteiger partial charge on any atom is -1.00 e. The summed E-state index contributed by atoms with van der Waals surface area (Å²) in [6, 6.07) is 15.5. The number of hydrogen-bond donors (Lipinski definition) is 1. The molecule has 49 heavy (non-hydrogen) atoms. The summed E-state index contributed by atoms with van der Waals surface area (Å²) in [5.41, 5.74) is 4.46. The monoisotopic (exact) mass is 827 g/mol. The minimum absolute atomic E-state index is 0. The van der Waals surface area contributed by atoms with Gasteiger partial charge in [-0.05, 0) is 58.6 Å². The Hall–Kier alpha value is -0.777. The number of rotatable bonds is 6. The van der Waals surface area contributed by atoms with E-state index < -0.39 is 7.15 Å². The van der Waals surface area contributed by atoms with E-state index in [1.807, 2.05) is 53.1 Å². The number of carbonyl (C=O) groups excluding carboxylic acids is 1. The molecular formula is C28H26Cl5FK2N8O5. The van der Waals surface area contributed by atoms with Gasteiger partial charge >= 0.3 is 103 Å². The Morgan fingerprint density at radius 2 is 1.41 bits per heavy atom. The van der Waals surface area contributed by atoms with E-state index in [1.165, 1.54) is 6.33 Å². The molecule has 1 N–H and O–H groups in total. The summed E-state index contributed by atoms with van der Waals surface area (Å²) in [6.07, 6.45) is 3.16. The van der Waals surface area contributed by atoms with Crippen LogP contribution in [0.15, 0.2) is 61.2 Å². The van der Waals surface area contributed by atoms with Gasteiger partial charge in [0.1, 0.15) is 22.5 Å². The van der Waals surface area contributed by atoms with Crippen molar-refractivity contribution in [3.8, 4) is 11.5 Å². The fraction of sp³-hybridized carbons (Fsp3) is 0.179. The molecule has 13 nitrogen and oxygen atoms in total. The molecule has 4 aromatic heterocycles. The van der Waals surface area contributed by atoms with Crippen LogP contribution in [0.2, 0.25) is 20.9 Å². The van der Waals surface area contributed by atoms with Gasteiger partial charge in [-0.3, -0.25) is 9.18 Å². The number of fused-ring (bicyclic) bond motifs is 2. The fourth-order valence-corrected chi connectivity index (χ4v) is 4.44. The SMILES string of the molecule is COc1ccc(CCl)cc1.COc1ccc(Cn2cnc3c(Cl)nc(Cl)nc32)cc1.Clc1nc(Cl)c2[nH]cnc2n1.O=CO[O-].[2H]CF.[H-].[K+].[K+]. The molecule has 0 aliphatic heterocycles. The molecule has 0 radical (unpaired) electrons. The Balaban J connectivity index is 0. The van der Waals surface area contributed by atoms with Gasteiger partial charge in [-0.2, -0.15) is 9.97 Å². The predicted molar refractivity (Wildman–Crippen MR) is 177 cm³/mol. The Morgan fingerprint density at radius 1 is 0.898 bits per heavy atom. The maximum atomic E-state index is 9.96. The van der Waals surface area contributed by atoms with Crippen molar-refractivity contribution >= 4 is 86.8 Å². The first-order valence-electron chi connectivity index (χ1n) is 13.3. The van der Waals surface area contributed by atoms with Crippen LogP contribution in [-0.4, -0.2) is 67.3 Å². The number of nitrogens with zero attached hydrogens (tertiary/aromatic N) is 7. The molecule has 6 rings (SSSR count). The molecule has 2 aromatic carbocycles. The number of carbonyl (C=O) groups is 1. The van der Waals surface area contributed by atoms with Crippen LogP contribution in [0, 0.1) is 0 Å². The van der Waals surface area contributed by atoms with Crippen LogP contribution in [0.3, 0.4) is 0 Å². The first-order valence-corrected chi connectivity index (χ1v) is 14.6. The van der Waals surface area contributed by atoms with Crippen LogP contribution in [0.5, 0.6) is 11.5 Å². The zero-order valence-corrected chi connectivity index (χ0v) is 36.4. The summed E-state index contributed by atoms with van der Waals surface area (Å²) < 4.78 is 27.5. The van der Waals surface area contributed by atoms with E-state index in [0.717, 1.165) is 22.6 Å². The van der Waals surface area contributed by atoms with Gasteiger partial charge in [-0.25, -0.2) is 19.9 Å². The molecule has 4 heterocycles. The van der Waals surface area contributed by atoms with E-state index in [2.05, 4.69) is 39.8 Å². The summed E-state index contributed by atoms with van der Waals surface area (Å²) in [6.45, 7) is 0.435. The van der Waals surface area contributed by atoms with Gasteiger partial charge < -0.3 is 30.6 Å². The number of nitrogens with one attached hydrogen (secondary N) is 1. The van der Waals surface area contributed by atoms with Crippen molar-refractivity contribution in [1.82, 2.24) is 39.5 Å². The molecule has 0 amide bonds. The molecular weight excluding hydrogens is 803 g/mol. The van der Waals surface area contributed by atoms with Gasteiger partial charge in [0.25, 0.3) is 6.47 Å². The number of aromatic nitrogens is 8. The molecule has 0 bridgehead atoms. The largest absolute Gasteiger partial charge is 1.00 e. The number of alkyl halides is 2. The number of H-pyrrole nitrogens is 1. The van der Waals surface area contributed by atoms with Crippen molar-refractivity contribution in [3.63, 3.8) is 0 Å². The van der Waals surface area contributed by atoms with Crippen LogP contribution < -0.4 is 118 Å². The van der Waals surface area contributed by atoms with Crippen LogP contribution >= 0.6 is 58.0 Å². The van der Waals surface area contributed by atoms with Crippen molar-refractivity contribution < 1.29 is 134 Å². The standard InChI is InChI=1S/C13H10Cl2N4O.C8H9ClO.C5H2Cl2N4.CH3F.CH2O3.2K.H/c1-20-9-4-2-8(3-5-9)6-19-7-16-10-11(14)17-13(15)18-12(10)19;1-10-8-4-2-7(6-9)3-5-8;6-3-2-4(9-1-8-2)11-5(7)10-3;1-2;2-1-4-3;;;/h2-5,7H,6H2,1H3;2-5H,6H2,1H3;1H,(H,8,9,10,11);1H3;1,3H;;;/q;;;;;2*+1;-1/p-1/i;;;1D;;;;. The summed E-state index contributed by atoms with van der Waals surface area (Å²) in [7, 11) is 2.29. The summed E-state index contributed by atoms with van der Waals surface area (Å²) in [5.74, 6) is 2.25. The Bertz CT molecular complexity index is 1830. The first kappa shape index (κ1) is 46.2. The number of halogens is 6. The van der Waals surface area contributed by atoms with Gasteiger partial charge in [-0.15, -0.1) is 11.6 Å². The first-order chi connectivity index (χ1) is 23.1. The van der Waals surface area contributed by atoms with E-state index in [0.29, 0.717) is 34.8 Å². The predicted octanol–water partition coefficient (Wildman–Crippen LogP) is 0.425. The van der Waals surface area contributed by atoms with Crippen LogP contribution in [0.1, 0.15) is 13.9 Å². The van der Waals surface area contributed by atoms with E-state index in [9.17, 15) is 4.39 Å². The zero-order chi connectivity index (χ0) is 35.5. The second-order valence-electron chi connectivity index (χ2n) is 8.23. The molecule has 0 aliphatic rings. The number of hydrogen-bond acceptors (Lipinski definition) is 11. The molecule has 0 saturated heterocycles. The van der Waals surface area contributed by atoms with Gasteiger partial charge in [0.05, 0.1) is 41.9 Å². The molecule has 6 aromatic rings. The second-order valence-corrected chi connectivity index (χ2v) is 9.89. The van der Waals surface area contributed by atoms with Crippen LogP contribution in [-0.2, 0) is 22.1 Å². The number of ether oxygens (including phenoxy) is 2. The quantitative estimate of drug-likeness (QED) is 0.0471. The normalized spacial score (nSPS) is 9.61. The van der Waals surface area contributed by atoms with Crippen molar-refractivity contribution in [1.29, 1.82) is 0 Å². The third kappa shape index (κ3) is 16.2. The second kappa shape index (κ2) is 26.9. The van der Waals surface area contributed by atoms with Gasteiger partial charge in [0.15, 0.2) is 21.6 Å². The summed E-state index contributed by atoms with van der Waals surface area (Å²) in [4.78, 5) is 37.7. The Morgan fingerprint density at radius 3 is 1.92 bits per heavy atom. The summed E-state index contributed by atoms with van der Waals surface area (Å²) >= 11 is 28.6. The third-order valence-corrected chi connectivity index (χ3v) is 6.66. The molecule has 21 heteroatoms. The smallest absolute Gasteiger partial charge is 1.00 e. The van der Waals surface area contributed by atoms with E-state index >= 15 is 0 Å². The van der Waals surface area contributed by atoms with Crippen molar-refractivity contribution in [2.24, 2.45) is 0 Å². The number of benzene rings is 2. The van der Waals surface area contributed by atoms with Gasteiger partial charge in [0.2, 0.25) is 10.6 Å². The number of methoxy groups -OCH3 is 2. The molecule has 0 atom stereocenters. The van der Waals surface area contributed by atoms with Gasteiger partial charge in [0, 0.05) is 5.88 Å². The maximum absolute atomic E-state index is 9.96. The van der Waals surface area contributed by atoms with Crippen molar-refractivity contribution in [2.45, 2.75) is 12.4 Å². The number of aromatic amines is 1. The molecule has 0 aliphatic carbocycles. The van der Waals surface area contributed by atoms with E-state index in [-0.39, 0.29) is 132 Å². The van der Waals surface area contributed by atoms with Crippen LogP contribution in [0.25, 0.3) is 22.3 Å². The zero-order valence-electron chi connectivity index (χ0n) is 28.4. The molecule has 0 saturated carbocycles. The number of imidazole rings is 2. The molecule has 0 unspecified atom stereocenters. The van der Waals surface area contributed by atoms with E-state index in [4.69, 9.17) is 78.9 Å². The average Bonchev–Trinajstić information content (AvgIpc) is 3.74. The molecule has 252 valence electrons. The topological polar surface area (TPSA) is 166 Å². The van der Waals surface area contributed by atoms with Crippen LogP contribution in [0.4, 0.5) is 4.39 Å². The van der Waals surface area contributed by atoms with Crippen molar-refractivity contribution in [2.75, 3.05) is 21.4 Å². The Kier molecular flexibility index (Phi) is 25.4. The summed E-state index contributed by atoms with van der Waals surface area (Å²) in [5, 5.41) is 9.19. The molecule has 0 fully saturated rings. The Labute approximate surface area is 393 Å².